The molecule has 112 valence electrons. The first-order valence-corrected chi connectivity index (χ1v) is 8.52. The Morgan fingerprint density at radius 3 is 2.45 bits per heavy atom. The van der Waals surface area contributed by atoms with Crippen LogP contribution in [-0.4, -0.2) is 31.4 Å². The summed E-state index contributed by atoms with van der Waals surface area (Å²) in [7, 11) is -2.12. The monoisotopic (exact) mass is 337 g/mol. The molecule has 0 aromatic heterocycles. The van der Waals surface area contributed by atoms with Crippen LogP contribution in [0.2, 0.25) is 10.0 Å². The van der Waals surface area contributed by atoms with Crippen LogP contribution in [0.25, 0.3) is 0 Å². The number of hydrogen-bond acceptors (Lipinski definition) is 3. The van der Waals surface area contributed by atoms with Gasteiger partial charge in [0, 0.05) is 18.6 Å². The van der Waals surface area contributed by atoms with E-state index < -0.39 is 10.0 Å². The average Bonchev–Trinajstić information content (AvgIpc) is 3.04. The standard InChI is InChI=1S/C13H17Cl2NO3S/c1-8-3-9(8)6-16(2)20(18,19)13-4-10(7-17)11(14)5-12(13)15/h4-5,8-9,17H,3,6-7H2,1-2H3. The first-order chi connectivity index (χ1) is 9.27. The quantitative estimate of drug-likeness (QED) is 0.898. The van der Waals surface area contributed by atoms with E-state index in [-0.39, 0.29) is 21.5 Å². The van der Waals surface area contributed by atoms with Crippen LogP contribution in [0.3, 0.4) is 0 Å². The lowest BCUT2D eigenvalue weighted by Crippen LogP contribution is -2.29. The number of sulfonamides is 1. The van der Waals surface area contributed by atoms with Crippen molar-refractivity contribution in [2.24, 2.45) is 11.8 Å². The van der Waals surface area contributed by atoms with Crippen LogP contribution in [0.4, 0.5) is 0 Å². The fourth-order valence-corrected chi connectivity index (χ4v) is 4.20. The molecule has 0 heterocycles. The molecule has 7 heteroatoms. The summed E-state index contributed by atoms with van der Waals surface area (Å²) < 4.78 is 26.4. The molecule has 1 aromatic rings. The highest BCUT2D eigenvalue weighted by Crippen LogP contribution is 2.39. The molecule has 0 spiro atoms. The van der Waals surface area contributed by atoms with E-state index in [0.29, 0.717) is 23.9 Å². The summed E-state index contributed by atoms with van der Waals surface area (Å²) in [5.41, 5.74) is 0.350. The minimum absolute atomic E-state index is 0.0107. The minimum Gasteiger partial charge on any atom is -0.392 e. The van der Waals surface area contributed by atoms with Crippen molar-refractivity contribution in [2.45, 2.75) is 24.8 Å². The van der Waals surface area contributed by atoms with Crippen LogP contribution < -0.4 is 0 Å². The average molecular weight is 338 g/mol. The first kappa shape index (κ1) is 16.0. The van der Waals surface area contributed by atoms with Crippen LogP contribution in [0, 0.1) is 11.8 Å². The summed E-state index contributed by atoms with van der Waals surface area (Å²) in [5, 5.41) is 9.52. The lowest BCUT2D eigenvalue weighted by molar-refractivity contribution is 0.281. The number of rotatable bonds is 5. The molecule has 1 saturated carbocycles. The Balaban J connectivity index is 2.33. The Morgan fingerprint density at radius 1 is 1.35 bits per heavy atom. The van der Waals surface area contributed by atoms with Crippen molar-refractivity contribution < 1.29 is 13.5 Å². The molecule has 2 atom stereocenters. The van der Waals surface area contributed by atoms with Gasteiger partial charge in [-0.3, -0.25) is 0 Å². The Morgan fingerprint density at radius 2 is 1.95 bits per heavy atom. The molecule has 20 heavy (non-hydrogen) atoms. The second kappa shape index (κ2) is 5.81. The van der Waals surface area contributed by atoms with Crippen molar-refractivity contribution in [3.05, 3.63) is 27.7 Å². The van der Waals surface area contributed by atoms with Crippen LogP contribution >= 0.6 is 23.2 Å². The molecule has 1 aliphatic carbocycles. The van der Waals surface area contributed by atoms with Gasteiger partial charge in [-0.15, -0.1) is 0 Å². The van der Waals surface area contributed by atoms with Gasteiger partial charge in [0.2, 0.25) is 10.0 Å². The Kier molecular flexibility index (Phi) is 4.66. The lowest BCUT2D eigenvalue weighted by Gasteiger charge is -2.18. The smallest absolute Gasteiger partial charge is 0.244 e. The zero-order valence-corrected chi connectivity index (χ0v) is 13.6. The summed E-state index contributed by atoms with van der Waals surface area (Å²) in [6.45, 7) is 2.25. The van der Waals surface area contributed by atoms with Crippen LogP contribution in [0.1, 0.15) is 18.9 Å². The summed E-state index contributed by atoms with van der Waals surface area (Å²) in [5.74, 6) is 0.986. The maximum absolute atomic E-state index is 12.5. The van der Waals surface area contributed by atoms with E-state index in [2.05, 4.69) is 6.92 Å². The van der Waals surface area contributed by atoms with Gasteiger partial charge in [0.15, 0.2) is 0 Å². The first-order valence-electron chi connectivity index (χ1n) is 6.32. The molecule has 0 saturated heterocycles. The van der Waals surface area contributed by atoms with Gasteiger partial charge in [0.1, 0.15) is 4.90 Å². The van der Waals surface area contributed by atoms with Gasteiger partial charge in [0.25, 0.3) is 0 Å². The summed E-state index contributed by atoms with van der Waals surface area (Å²) in [6.07, 6.45) is 1.05. The van der Waals surface area contributed by atoms with E-state index in [4.69, 9.17) is 23.2 Å². The highest BCUT2D eigenvalue weighted by atomic mass is 35.5. The predicted molar refractivity (Wildman–Crippen MR) is 79.5 cm³/mol. The van der Waals surface area contributed by atoms with Gasteiger partial charge in [-0.1, -0.05) is 30.1 Å². The van der Waals surface area contributed by atoms with Crippen molar-refractivity contribution in [3.63, 3.8) is 0 Å². The Hall–Kier alpha value is -0.330. The van der Waals surface area contributed by atoms with Crippen LogP contribution in [0.5, 0.6) is 0 Å². The largest absolute Gasteiger partial charge is 0.392 e. The molecule has 0 amide bonds. The van der Waals surface area contributed by atoms with Crippen LogP contribution in [-0.2, 0) is 16.6 Å². The zero-order valence-electron chi connectivity index (χ0n) is 11.3. The maximum atomic E-state index is 12.5. The van der Waals surface area contributed by atoms with Gasteiger partial charge in [0.05, 0.1) is 11.6 Å². The summed E-state index contributed by atoms with van der Waals surface area (Å²) >= 11 is 11.9. The summed E-state index contributed by atoms with van der Waals surface area (Å²) in [4.78, 5) is -0.0107. The Bertz CT molecular complexity index is 618. The van der Waals surface area contributed by atoms with E-state index in [1.54, 1.807) is 7.05 Å². The molecule has 0 bridgehead atoms. The summed E-state index contributed by atoms with van der Waals surface area (Å²) in [6, 6.07) is 2.70. The van der Waals surface area contributed by atoms with E-state index in [9.17, 15) is 13.5 Å². The van der Waals surface area contributed by atoms with Gasteiger partial charge in [-0.2, -0.15) is 0 Å². The van der Waals surface area contributed by atoms with Crippen molar-refractivity contribution in [1.29, 1.82) is 0 Å². The number of aliphatic hydroxyl groups is 1. The molecule has 0 aliphatic heterocycles. The van der Waals surface area contributed by atoms with Crippen molar-refractivity contribution >= 4 is 33.2 Å². The third kappa shape index (κ3) is 3.12. The fraction of sp³-hybridized carbons (Fsp3) is 0.538. The SMILES string of the molecule is CC1CC1CN(C)S(=O)(=O)c1cc(CO)c(Cl)cc1Cl. The van der Waals surface area contributed by atoms with Crippen molar-refractivity contribution in [1.82, 2.24) is 4.31 Å². The van der Waals surface area contributed by atoms with Crippen molar-refractivity contribution in [2.75, 3.05) is 13.6 Å². The van der Waals surface area contributed by atoms with Gasteiger partial charge >= 0.3 is 0 Å². The molecule has 1 aromatic carbocycles. The van der Waals surface area contributed by atoms with E-state index in [1.807, 2.05) is 0 Å². The van der Waals surface area contributed by atoms with E-state index in [1.165, 1.54) is 16.4 Å². The van der Waals surface area contributed by atoms with Gasteiger partial charge in [-0.05, 0) is 36.0 Å². The number of aliphatic hydroxyl groups excluding tert-OH is 1. The molecular formula is C13H17Cl2NO3S. The van der Waals surface area contributed by atoms with Gasteiger partial charge < -0.3 is 5.11 Å². The molecule has 1 fully saturated rings. The molecule has 4 nitrogen and oxygen atoms in total. The molecule has 2 unspecified atom stereocenters. The molecule has 1 N–H and O–H groups in total. The number of nitrogens with zero attached hydrogens (tertiary/aromatic N) is 1. The lowest BCUT2D eigenvalue weighted by atomic mass is 10.2. The minimum atomic E-state index is -3.67. The second-order valence-electron chi connectivity index (χ2n) is 5.29. The fourth-order valence-electron chi connectivity index (χ4n) is 2.14. The van der Waals surface area contributed by atoms with E-state index >= 15 is 0 Å². The maximum Gasteiger partial charge on any atom is 0.244 e. The third-order valence-corrected chi connectivity index (χ3v) is 6.37. The third-order valence-electron chi connectivity index (χ3n) is 3.73. The molecule has 1 aliphatic rings. The zero-order chi connectivity index (χ0) is 15.1. The normalized spacial score (nSPS) is 22.3. The molecule has 0 radical (unpaired) electrons. The topological polar surface area (TPSA) is 57.6 Å². The molecule has 2 rings (SSSR count). The number of benzene rings is 1. The highest BCUT2D eigenvalue weighted by Gasteiger charge is 2.36. The molecular weight excluding hydrogens is 321 g/mol. The number of halogens is 2. The number of hydrogen-bond donors (Lipinski definition) is 1. The second-order valence-corrected chi connectivity index (χ2v) is 8.12. The van der Waals surface area contributed by atoms with E-state index in [0.717, 1.165) is 6.42 Å². The highest BCUT2D eigenvalue weighted by molar-refractivity contribution is 7.89. The Labute approximate surface area is 129 Å². The van der Waals surface area contributed by atoms with Crippen molar-refractivity contribution in [3.8, 4) is 0 Å². The van der Waals surface area contributed by atoms with Crippen LogP contribution in [0.15, 0.2) is 17.0 Å². The van der Waals surface area contributed by atoms with Gasteiger partial charge in [-0.25, -0.2) is 12.7 Å². The predicted octanol–water partition coefficient (Wildman–Crippen LogP) is 2.76.